The first-order chi connectivity index (χ1) is 9.74. The highest BCUT2D eigenvalue weighted by Gasteiger charge is 2.09. The summed E-state index contributed by atoms with van der Waals surface area (Å²) in [7, 11) is 0. The molecule has 4 heteroatoms. The van der Waals surface area contributed by atoms with Gasteiger partial charge in [0.25, 0.3) is 0 Å². The number of hydrogen-bond donors (Lipinski definition) is 2. The number of hydrogen-bond acceptors (Lipinski definition) is 4. The third kappa shape index (κ3) is 2.40. The molecule has 0 amide bonds. The van der Waals surface area contributed by atoms with Crippen LogP contribution < -0.4 is 11.1 Å². The largest absolute Gasteiger partial charge is 0.399 e. The Hall–Kier alpha value is -2.62. The van der Waals surface area contributed by atoms with E-state index >= 15 is 0 Å². The van der Waals surface area contributed by atoms with Crippen molar-refractivity contribution in [3.8, 4) is 0 Å². The summed E-state index contributed by atoms with van der Waals surface area (Å²) in [5, 5.41) is 4.44. The molecule has 0 spiro atoms. The van der Waals surface area contributed by atoms with Crippen molar-refractivity contribution in [2.75, 3.05) is 11.1 Å². The standard InChI is InChI=1S/C16H16N4/c1-11(12-5-4-6-13(17)9-12)20-16-14-7-2-3-8-15(14)18-10-19-16/h2-11H,17H2,1H3,(H,18,19,20). The molecule has 0 aliphatic heterocycles. The zero-order chi connectivity index (χ0) is 13.9. The summed E-state index contributed by atoms with van der Waals surface area (Å²) in [4.78, 5) is 8.61. The quantitative estimate of drug-likeness (QED) is 0.712. The van der Waals surface area contributed by atoms with Crippen LogP contribution in [0.4, 0.5) is 11.5 Å². The molecule has 2 aromatic carbocycles. The van der Waals surface area contributed by atoms with Gasteiger partial charge in [0.1, 0.15) is 12.1 Å². The first-order valence-corrected chi connectivity index (χ1v) is 6.56. The lowest BCUT2D eigenvalue weighted by Gasteiger charge is -2.16. The van der Waals surface area contributed by atoms with E-state index in [1.54, 1.807) is 6.33 Å². The summed E-state index contributed by atoms with van der Waals surface area (Å²) in [6, 6.07) is 16.0. The lowest BCUT2D eigenvalue weighted by Crippen LogP contribution is -2.09. The minimum Gasteiger partial charge on any atom is -0.399 e. The van der Waals surface area contributed by atoms with E-state index in [1.165, 1.54) is 0 Å². The van der Waals surface area contributed by atoms with Gasteiger partial charge in [-0.3, -0.25) is 0 Å². The average Bonchev–Trinajstić information content (AvgIpc) is 2.47. The molecule has 1 aromatic heterocycles. The van der Waals surface area contributed by atoms with Gasteiger partial charge in [0.2, 0.25) is 0 Å². The van der Waals surface area contributed by atoms with E-state index in [-0.39, 0.29) is 6.04 Å². The fourth-order valence-corrected chi connectivity index (χ4v) is 2.24. The molecule has 100 valence electrons. The van der Waals surface area contributed by atoms with Gasteiger partial charge in [-0.25, -0.2) is 9.97 Å². The number of aromatic nitrogens is 2. The topological polar surface area (TPSA) is 63.8 Å². The van der Waals surface area contributed by atoms with Crippen LogP contribution in [0.5, 0.6) is 0 Å². The van der Waals surface area contributed by atoms with E-state index in [0.717, 1.165) is 28.0 Å². The van der Waals surface area contributed by atoms with E-state index in [2.05, 4.69) is 28.3 Å². The molecule has 1 unspecified atom stereocenters. The Labute approximate surface area is 117 Å². The maximum atomic E-state index is 5.83. The van der Waals surface area contributed by atoms with Crippen LogP contribution in [0.25, 0.3) is 10.9 Å². The first-order valence-electron chi connectivity index (χ1n) is 6.56. The Bertz CT molecular complexity index is 734. The number of para-hydroxylation sites is 1. The lowest BCUT2D eigenvalue weighted by atomic mass is 10.1. The maximum absolute atomic E-state index is 5.83. The summed E-state index contributed by atoms with van der Waals surface area (Å²) >= 11 is 0. The molecule has 1 atom stereocenters. The van der Waals surface area contributed by atoms with Crippen LogP contribution in [0.15, 0.2) is 54.9 Å². The van der Waals surface area contributed by atoms with Crippen molar-refractivity contribution in [3.63, 3.8) is 0 Å². The number of nitrogens with zero attached hydrogens (tertiary/aromatic N) is 2. The smallest absolute Gasteiger partial charge is 0.137 e. The van der Waals surface area contributed by atoms with Crippen LogP contribution in [0, 0.1) is 0 Å². The summed E-state index contributed by atoms with van der Waals surface area (Å²) in [5.41, 5.74) is 8.66. The highest BCUT2D eigenvalue weighted by molar-refractivity contribution is 5.88. The van der Waals surface area contributed by atoms with E-state index in [0.29, 0.717) is 0 Å². The SMILES string of the molecule is CC(Nc1ncnc2ccccc12)c1cccc(N)c1. The van der Waals surface area contributed by atoms with Crippen LogP contribution in [0.1, 0.15) is 18.5 Å². The van der Waals surface area contributed by atoms with Crippen molar-refractivity contribution in [2.45, 2.75) is 13.0 Å². The van der Waals surface area contributed by atoms with Gasteiger partial charge in [-0.05, 0) is 36.8 Å². The number of nitrogens with two attached hydrogens (primary N) is 1. The second-order valence-corrected chi connectivity index (χ2v) is 4.78. The second-order valence-electron chi connectivity index (χ2n) is 4.78. The van der Waals surface area contributed by atoms with Crippen molar-refractivity contribution in [2.24, 2.45) is 0 Å². The molecule has 1 heterocycles. The van der Waals surface area contributed by atoms with Gasteiger partial charge in [-0.2, -0.15) is 0 Å². The van der Waals surface area contributed by atoms with Gasteiger partial charge in [0, 0.05) is 11.1 Å². The molecule has 3 aromatic rings. The fourth-order valence-electron chi connectivity index (χ4n) is 2.24. The molecule has 20 heavy (non-hydrogen) atoms. The van der Waals surface area contributed by atoms with Crippen LogP contribution in [0.2, 0.25) is 0 Å². The third-order valence-corrected chi connectivity index (χ3v) is 3.31. The molecular weight excluding hydrogens is 248 g/mol. The van der Waals surface area contributed by atoms with E-state index < -0.39 is 0 Å². The number of anilines is 2. The fraction of sp³-hybridized carbons (Fsp3) is 0.125. The molecule has 0 radical (unpaired) electrons. The number of nitrogen functional groups attached to an aromatic ring is 1. The van der Waals surface area contributed by atoms with Gasteiger partial charge < -0.3 is 11.1 Å². The van der Waals surface area contributed by atoms with Gasteiger partial charge in [0.15, 0.2) is 0 Å². The maximum Gasteiger partial charge on any atom is 0.137 e. The van der Waals surface area contributed by atoms with Crippen LogP contribution in [-0.4, -0.2) is 9.97 Å². The molecule has 0 saturated carbocycles. The van der Waals surface area contributed by atoms with Crippen molar-refractivity contribution in [1.82, 2.24) is 9.97 Å². The Balaban J connectivity index is 1.93. The Morgan fingerprint density at radius 1 is 1.05 bits per heavy atom. The number of nitrogens with one attached hydrogen (secondary N) is 1. The van der Waals surface area contributed by atoms with Crippen molar-refractivity contribution >= 4 is 22.4 Å². The summed E-state index contributed by atoms with van der Waals surface area (Å²) in [5.74, 6) is 0.838. The predicted octanol–water partition coefficient (Wildman–Crippen LogP) is 3.39. The molecule has 3 N–H and O–H groups in total. The monoisotopic (exact) mass is 264 g/mol. The second kappa shape index (κ2) is 5.17. The average molecular weight is 264 g/mol. The highest BCUT2D eigenvalue weighted by Crippen LogP contribution is 2.24. The molecular formula is C16H16N4. The molecule has 3 rings (SSSR count). The van der Waals surface area contributed by atoms with Gasteiger partial charge in [0.05, 0.1) is 11.6 Å². The number of rotatable bonds is 3. The molecule has 0 bridgehead atoms. The van der Waals surface area contributed by atoms with Crippen LogP contribution >= 0.6 is 0 Å². The number of fused-ring (bicyclic) bond motifs is 1. The predicted molar refractivity (Wildman–Crippen MR) is 82.4 cm³/mol. The van der Waals surface area contributed by atoms with Crippen molar-refractivity contribution in [1.29, 1.82) is 0 Å². The van der Waals surface area contributed by atoms with Crippen LogP contribution in [-0.2, 0) is 0 Å². The van der Waals surface area contributed by atoms with E-state index in [1.807, 2.05) is 42.5 Å². The first kappa shape index (κ1) is 12.4. The molecule has 0 saturated heterocycles. The lowest BCUT2D eigenvalue weighted by molar-refractivity contribution is 0.876. The van der Waals surface area contributed by atoms with Crippen molar-refractivity contribution in [3.05, 3.63) is 60.4 Å². The van der Waals surface area contributed by atoms with Gasteiger partial charge >= 0.3 is 0 Å². The summed E-state index contributed by atoms with van der Waals surface area (Å²) < 4.78 is 0. The Morgan fingerprint density at radius 2 is 1.90 bits per heavy atom. The summed E-state index contributed by atoms with van der Waals surface area (Å²) in [6.07, 6.45) is 1.58. The molecule has 0 aliphatic carbocycles. The normalized spacial score (nSPS) is 12.2. The zero-order valence-corrected chi connectivity index (χ0v) is 11.2. The number of benzene rings is 2. The molecule has 0 aliphatic rings. The van der Waals surface area contributed by atoms with E-state index in [9.17, 15) is 0 Å². The minimum absolute atomic E-state index is 0.122. The van der Waals surface area contributed by atoms with Crippen molar-refractivity contribution < 1.29 is 0 Å². The highest BCUT2D eigenvalue weighted by atomic mass is 15.0. The third-order valence-electron chi connectivity index (χ3n) is 3.31. The summed E-state index contributed by atoms with van der Waals surface area (Å²) in [6.45, 7) is 2.09. The molecule has 4 nitrogen and oxygen atoms in total. The Morgan fingerprint density at radius 3 is 2.75 bits per heavy atom. The van der Waals surface area contributed by atoms with Gasteiger partial charge in [-0.15, -0.1) is 0 Å². The van der Waals surface area contributed by atoms with E-state index in [4.69, 9.17) is 5.73 Å². The van der Waals surface area contributed by atoms with Gasteiger partial charge in [-0.1, -0.05) is 24.3 Å². The minimum atomic E-state index is 0.122. The zero-order valence-electron chi connectivity index (χ0n) is 11.2. The molecule has 0 fully saturated rings. The van der Waals surface area contributed by atoms with Crippen LogP contribution in [0.3, 0.4) is 0 Å². The Kier molecular flexibility index (Phi) is 3.21.